The maximum atomic E-state index is 12.3. The summed E-state index contributed by atoms with van der Waals surface area (Å²) in [5.41, 5.74) is 5.18. The summed E-state index contributed by atoms with van der Waals surface area (Å²) >= 11 is 0. The summed E-state index contributed by atoms with van der Waals surface area (Å²) in [5.74, 6) is 1.76. The van der Waals surface area contributed by atoms with E-state index in [1.54, 1.807) is 32.4 Å². The van der Waals surface area contributed by atoms with Crippen molar-refractivity contribution in [2.75, 3.05) is 26.1 Å². The number of hydrogen-bond donors (Lipinski definition) is 2. The Labute approximate surface area is 269 Å². The molecule has 1 amide bonds. The summed E-state index contributed by atoms with van der Waals surface area (Å²) in [6.45, 7) is 9.87. The second-order valence-electron chi connectivity index (χ2n) is 13.0. The van der Waals surface area contributed by atoms with Crippen LogP contribution in [0, 0.1) is 6.92 Å². The number of ether oxygens (including phenoxy) is 3. The first-order valence-corrected chi connectivity index (χ1v) is 19.5. The topological polar surface area (TPSA) is 126 Å². The molecule has 0 spiro atoms. The maximum Gasteiger partial charge on any atom is 0.251 e. The van der Waals surface area contributed by atoms with Crippen LogP contribution in [0.2, 0.25) is 25.7 Å². The lowest BCUT2D eigenvalue weighted by atomic mass is 10.1. The highest BCUT2D eigenvalue weighted by molar-refractivity contribution is 6.76. The predicted octanol–water partition coefficient (Wildman–Crippen LogP) is 7.29. The van der Waals surface area contributed by atoms with E-state index in [1.165, 1.54) is 0 Å². The standard InChI is InChI=1S/C34H42N6O5Si/c1-21-36-27-13-11-22(17-29(27)44-21)25-19-40(20-43-15-16-46(4,5)6)31-30(25)33(45-24-9-7-8-10-24)39-34(38-31)37-26-14-12-23(32(41)35-2)18-28(26)42-3/h11-14,17-19,24H,7-10,15-16,20H2,1-6H3,(H,35,41)(H,37,38,39). The van der Waals surface area contributed by atoms with Gasteiger partial charge in [0.25, 0.3) is 5.91 Å². The Morgan fingerprint density at radius 1 is 1.09 bits per heavy atom. The largest absolute Gasteiger partial charge is 0.495 e. The molecule has 3 aromatic heterocycles. The summed E-state index contributed by atoms with van der Waals surface area (Å²) in [6, 6.07) is 12.3. The second-order valence-corrected chi connectivity index (χ2v) is 18.6. The molecule has 1 aliphatic rings. The van der Waals surface area contributed by atoms with Gasteiger partial charge in [-0.1, -0.05) is 25.7 Å². The van der Waals surface area contributed by atoms with Crippen molar-refractivity contribution in [1.82, 2.24) is 24.8 Å². The van der Waals surface area contributed by atoms with Crippen molar-refractivity contribution < 1.29 is 23.4 Å². The van der Waals surface area contributed by atoms with Gasteiger partial charge in [-0.25, -0.2) is 4.98 Å². The maximum absolute atomic E-state index is 12.3. The van der Waals surface area contributed by atoms with Gasteiger partial charge in [0.15, 0.2) is 17.1 Å². The molecule has 6 rings (SSSR count). The van der Waals surface area contributed by atoms with Crippen LogP contribution >= 0.6 is 0 Å². The number of anilines is 2. The predicted molar refractivity (Wildman–Crippen MR) is 182 cm³/mol. The fraction of sp³-hybridized carbons (Fsp3) is 0.412. The number of carbonyl (C=O) groups excluding carboxylic acids is 1. The fourth-order valence-electron chi connectivity index (χ4n) is 5.73. The minimum atomic E-state index is -1.27. The first-order chi connectivity index (χ1) is 22.1. The van der Waals surface area contributed by atoms with E-state index in [-0.39, 0.29) is 12.0 Å². The molecule has 11 nitrogen and oxygen atoms in total. The molecule has 46 heavy (non-hydrogen) atoms. The number of hydrogen-bond acceptors (Lipinski definition) is 9. The minimum absolute atomic E-state index is 0.0657. The van der Waals surface area contributed by atoms with Crippen molar-refractivity contribution in [3.8, 4) is 22.8 Å². The number of nitrogens with one attached hydrogen (secondary N) is 2. The van der Waals surface area contributed by atoms with Gasteiger partial charge in [0, 0.05) is 46.0 Å². The van der Waals surface area contributed by atoms with E-state index >= 15 is 0 Å². The lowest BCUT2D eigenvalue weighted by molar-refractivity contribution is 0.0899. The van der Waals surface area contributed by atoms with Crippen LogP contribution in [-0.4, -0.2) is 60.4 Å². The number of rotatable bonds is 12. The lowest BCUT2D eigenvalue weighted by Gasteiger charge is -2.17. The second kappa shape index (κ2) is 13.1. The number of benzene rings is 2. The van der Waals surface area contributed by atoms with Crippen molar-refractivity contribution in [2.45, 2.75) is 71.1 Å². The van der Waals surface area contributed by atoms with E-state index in [2.05, 4.69) is 41.5 Å². The molecule has 0 aliphatic heterocycles. The zero-order valence-electron chi connectivity index (χ0n) is 27.4. The number of carbonyl (C=O) groups is 1. The number of aryl methyl sites for hydroxylation is 1. The Bertz CT molecular complexity index is 1870. The molecule has 1 fully saturated rings. The summed E-state index contributed by atoms with van der Waals surface area (Å²) in [5, 5.41) is 6.78. The average molecular weight is 643 g/mol. The van der Waals surface area contributed by atoms with E-state index in [1.807, 2.05) is 29.7 Å². The normalized spacial score (nSPS) is 13.9. The quantitative estimate of drug-likeness (QED) is 0.107. The number of methoxy groups -OCH3 is 1. The number of nitrogens with zero attached hydrogens (tertiary/aromatic N) is 4. The van der Waals surface area contributed by atoms with Gasteiger partial charge in [0.1, 0.15) is 24.1 Å². The van der Waals surface area contributed by atoms with Gasteiger partial charge in [-0.05, 0) is 67.6 Å². The number of fused-ring (bicyclic) bond motifs is 2. The van der Waals surface area contributed by atoms with Crippen LogP contribution in [-0.2, 0) is 11.5 Å². The average Bonchev–Trinajstić information content (AvgIpc) is 3.76. The van der Waals surface area contributed by atoms with Gasteiger partial charge in [-0.2, -0.15) is 9.97 Å². The van der Waals surface area contributed by atoms with Crippen molar-refractivity contribution >= 4 is 47.7 Å². The van der Waals surface area contributed by atoms with Gasteiger partial charge < -0.3 is 33.8 Å². The van der Waals surface area contributed by atoms with Crippen molar-refractivity contribution in [1.29, 1.82) is 0 Å². The first-order valence-electron chi connectivity index (χ1n) is 15.8. The van der Waals surface area contributed by atoms with Gasteiger partial charge in [0.2, 0.25) is 11.8 Å². The van der Waals surface area contributed by atoms with Gasteiger partial charge >= 0.3 is 0 Å². The highest BCUT2D eigenvalue weighted by atomic mass is 28.3. The number of aromatic nitrogens is 4. The van der Waals surface area contributed by atoms with E-state index < -0.39 is 8.07 Å². The summed E-state index contributed by atoms with van der Waals surface area (Å²) in [7, 11) is 1.89. The number of amides is 1. The Kier molecular flexibility index (Phi) is 9.01. The van der Waals surface area contributed by atoms with Crippen LogP contribution < -0.4 is 20.1 Å². The molecule has 0 unspecified atom stereocenters. The molecule has 12 heteroatoms. The lowest BCUT2D eigenvalue weighted by Crippen LogP contribution is -2.22. The van der Waals surface area contributed by atoms with Gasteiger partial charge in [-0.15, -0.1) is 0 Å². The van der Waals surface area contributed by atoms with Crippen molar-refractivity contribution in [2.24, 2.45) is 0 Å². The van der Waals surface area contributed by atoms with Gasteiger partial charge in [0.05, 0.1) is 18.2 Å². The third kappa shape index (κ3) is 6.87. The van der Waals surface area contributed by atoms with Crippen LogP contribution in [0.3, 0.4) is 0 Å². The first kappa shape index (κ1) is 31.6. The Hall–Kier alpha value is -4.42. The molecule has 0 saturated heterocycles. The van der Waals surface area contributed by atoms with Gasteiger partial charge in [-0.3, -0.25) is 4.79 Å². The molecule has 1 aliphatic carbocycles. The van der Waals surface area contributed by atoms with Crippen LogP contribution in [0.15, 0.2) is 47.0 Å². The summed E-state index contributed by atoms with van der Waals surface area (Å²) in [4.78, 5) is 26.7. The molecule has 3 heterocycles. The zero-order chi connectivity index (χ0) is 32.4. The number of oxazole rings is 1. The van der Waals surface area contributed by atoms with E-state index in [9.17, 15) is 4.79 Å². The molecule has 5 aromatic rings. The Balaban J connectivity index is 1.47. The van der Waals surface area contributed by atoms with Crippen LogP contribution in [0.5, 0.6) is 11.6 Å². The Morgan fingerprint density at radius 2 is 1.89 bits per heavy atom. The molecule has 2 N–H and O–H groups in total. The van der Waals surface area contributed by atoms with Crippen molar-refractivity contribution in [3.05, 3.63) is 54.0 Å². The monoisotopic (exact) mass is 642 g/mol. The van der Waals surface area contributed by atoms with Crippen LogP contribution in [0.25, 0.3) is 33.3 Å². The smallest absolute Gasteiger partial charge is 0.251 e. The molecule has 242 valence electrons. The summed E-state index contributed by atoms with van der Waals surface area (Å²) < 4.78 is 26.4. The molecular formula is C34H42N6O5Si. The van der Waals surface area contributed by atoms with E-state index in [0.717, 1.165) is 53.8 Å². The highest BCUT2D eigenvalue weighted by Gasteiger charge is 2.25. The third-order valence-electron chi connectivity index (χ3n) is 8.23. The fourth-order valence-corrected chi connectivity index (χ4v) is 6.48. The molecule has 1 saturated carbocycles. The highest BCUT2D eigenvalue weighted by Crippen LogP contribution is 2.40. The minimum Gasteiger partial charge on any atom is -0.495 e. The zero-order valence-corrected chi connectivity index (χ0v) is 28.4. The molecule has 0 radical (unpaired) electrons. The molecule has 0 bridgehead atoms. The van der Waals surface area contributed by atoms with E-state index in [0.29, 0.717) is 59.3 Å². The Morgan fingerprint density at radius 3 is 2.63 bits per heavy atom. The van der Waals surface area contributed by atoms with Crippen LogP contribution in [0.1, 0.15) is 41.9 Å². The molecule has 0 atom stereocenters. The van der Waals surface area contributed by atoms with E-state index in [4.69, 9.17) is 28.6 Å². The molecule has 2 aromatic carbocycles. The van der Waals surface area contributed by atoms with Crippen LogP contribution in [0.4, 0.5) is 11.6 Å². The van der Waals surface area contributed by atoms with Crippen molar-refractivity contribution in [3.63, 3.8) is 0 Å². The summed E-state index contributed by atoms with van der Waals surface area (Å²) in [6.07, 6.45) is 6.32. The molecular weight excluding hydrogens is 600 g/mol. The third-order valence-corrected chi connectivity index (χ3v) is 9.94. The SMILES string of the molecule is CNC(=O)c1ccc(Nc2nc(OC3CCCC3)c3c(-c4ccc5nc(C)oc5c4)cn(COCC[Si](C)(C)C)c3n2)c(OC)c1.